The van der Waals surface area contributed by atoms with Crippen molar-refractivity contribution in [3.8, 4) is 0 Å². The third-order valence-electron chi connectivity index (χ3n) is 9.19. The summed E-state index contributed by atoms with van der Waals surface area (Å²) in [4.78, 5) is 45.7. The maximum atomic E-state index is 14.5. The van der Waals surface area contributed by atoms with Gasteiger partial charge in [-0.3, -0.25) is 14.4 Å². The number of ether oxygens (including phenoxy) is 2. The maximum absolute atomic E-state index is 14.5. The van der Waals surface area contributed by atoms with E-state index in [1.54, 1.807) is 22.0 Å². The minimum Gasteiger partial charge on any atom is -0.465 e. The SMILES string of the molecule is C=CCCCOC(=O)[C@H]1[C@H]2C(=O)N([C@@H](CO)[C@@H](C)CC)C(C(=O)N(CC=C)C(C)CCC)C23CC[C@]1(C)O3. The van der Waals surface area contributed by atoms with E-state index in [-0.39, 0.29) is 37.0 Å². The van der Waals surface area contributed by atoms with Gasteiger partial charge in [-0.2, -0.15) is 0 Å². The fraction of sp³-hybridized carbons (Fsp3) is 0.767. The third kappa shape index (κ3) is 5.06. The minimum absolute atomic E-state index is 0.0486. The van der Waals surface area contributed by atoms with Crippen molar-refractivity contribution in [1.82, 2.24) is 9.80 Å². The van der Waals surface area contributed by atoms with Crippen molar-refractivity contribution in [3.05, 3.63) is 25.3 Å². The van der Waals surface area contributed by atoms with Gasteiger partial charge in [0.15, 0.2) is 0 Å². The van der Waals surface area contributed by atoms with E-state index < -0.39 is 41.1 Å². The van der Waals surface area contributed by atoms with Crippen LogP contribution in [0, 0.1) is 17.8 Å². The largest absolute Gasteiger partial charge is 0.465 e. The Morgan fingerprint density at radius 2 is 1.97 bits per heavy atom. The Labute approximate surface area is 228 Å². The predicted octanol–water partition coefficient (Wildman–Crippen LogP) is 3.87. The van der Waals surface area contributed by atoms with Crippen LogP contribution < -0.4 is 0 Å². The van der Waals surface area contributed by atoms with Crippen molar-refractivity contribution >= 4 is 17.8 Å². The Morgan fingerprint density at radius 1 is 1.26 bits per heavy atom. The van der Waals surface area contributed by atoms with Gasteiger partial charge in [0.25, 0.3) is 0 Å². The maximum Gasteiger partial charge on any atom is 0.312 e. The summed E-state index contributed by atoms with van der Waals surface area (Å²) in [6, 6.07) is -1.55. The number of rotatable bonds is 15. The van der Waals surface area contributed by atoms with Gasteiger partial charge in [0.1, 0.15) is 17.6 Å². The normalized spacial score (nSPS) is 32.0. The molecule has 214 valence electrons. The number of carbonyl (C=O) groups is 3. The number of aliphatic hydroxyl groups is 1. The van der Waals surface area contributed by atoms with E-state index in [4.69, 9.17) is 9.47 Å². The second-order valence-electron chi connectivity index (χ2n) is 11.6. The fourth-order valence-electron chi connectivity index (χ4n) is 7.02. The number of esters is 1. The van der Waals surface area contributed by atoms with Gasteiger partial charge in [0.05, 0.1) is 30.8 Å². The van der Waals surface area contributed by atoms with Crippen LogP contribution in [0.5, 0.6) is 0 Å². The van der Waals surface area contributed by atoms with Crippen LogP contribution in [0.15, 0.2) is 25.3 Å². The highest BCUT2D eigenvalue weighted by Gasteiger charge is 2.79. The second-order valence-corrected chi connectivity index (χ2v) is 11.6. The lowest BCUT2D eigenvalue weighted by Gasteiger charge is -2.42. The molecule has 3 fully saturated rings. The standard InChI is InChI=1S/C30H48N2O6/c1-8-12-13-18-37-28(36)24-23-26(34)32(22(19-33)20(5)11-4)25(30(23)16-15-29(24,7)38-30)27(35)31(17-10-3)21(6)14-9-2/h8,10,20-25,33H,1,3,9,11-19H2,2,4-7H3/t20-,21?,22-,23-,24+,25?,29-,30?/m0/s1. The molecule has 3 aliphatic heterocycles. The van der Waals surface area contributed by atoms with Crippen molar-refractivity contribution in [1.29, 1.82) is 0 Å². The van der Waals surface area contributed by atoms with E-state index in [9.17, 15) is 19.5 Å². The van der Waals surface area contributed by atoms with Gasteiger partial charge < -0.3 is 24.4 Å². The molecule has 0 radical (unpaired) electrons. The first-order valence-electron chi connectivity index (χ1n) is 14.4. The molecule has 3 saturated heterocycles. The number of likely N-dealkylation sites (tertiary alicyclic amines) is 1. The topological polar surface area (TPSA) is 96.4 Å². The molecule has 38 heavy (non-hydrogen) atoms. The zero-order valence-electron chi connectivity index (χ0n) is 24.0. The summed E-state index contributed by atoms with van der Waals surface area (Å²) in [5, 5.41) is 10.5. The molecule has 0 saturated carbocycles. The molecule has 2 bridgehead atoms. The summed E-state index contributed by atoms with van der Waals surface area (Å²) in [7, 11) is 0. The predicted molar refractivity (Wildman–Crippen MR) is 146 cm³/mol. The molecule has 3 unspecified atom stereocenters. The smallest absolute Gasteiger partial charge is 0.312 e. The Bertz CT molecular complexity index is 907. The van der Waals surface area contributed by atoms with Gasteiger partial charge in [-0.1, -0.05) is 45.8 Å². The van der Waals surface area contributed by atoms with Crippen molar-refractivity contribution in [2.75, 3.05) is 19.8 Å². The molecule has 8 nitrogen and oxygen atoms in total. The van der Waals surface area contributed by atoms with Crippen LogP contribution in [0.3, 0.4) is 0 Å². The number of hydrogen-bond donors (Lipinski definition) is 1. The first-order valence-corrected chi connectivity index (χ1v) is 14.4. The molecule has 2 amide bonds. The molecule has 3 rings (SSSR count). The molecule has 3 heterocycles. The van der Waals surface area contributed by atoms with Crippen LogP contribution in [0.4, 0.5) is 0 Å². The van der Waals surface area contributed by atoms with E-state index in [2.05, 4.69) is 20.1 Å². The molecular formula is C30H48N2O6. The van der Waals surface area contributed by atoms with E-state index in [0.717, 1.165) is 25.7 Å². The van der Waals surface area contributed by atoms with E-state index in [1.165, 1.54) is 0 Å². The molecule has 0 aromatic heterocycles. The van der Waals surface area contributed by atoms with Crippen molar-refractivity contribution in [3.63, 3.8) is 0 Å². The molecule has 8 atom stereocenters. The number of unbranched alkanes of at least 4 members (excludes halogenated alkanes) is 1. The number of fused-ring (bicyclic) bond motifs is 1. The molecule has 0 aromatic rings. The average Bonchev–Trinajstić information content (AvgIpc) is 3.46. The summed E-state index contributed by atoms with van der Waals surface area (Å²) in [5.74, 6) is -2.62. The van der Waals surface area contributed by atoms with Gasteiger partial charge in [0.2, 0.25) is 11.8 Å². The average molecular weight is 533 g/mol. The number of amides is 2. The van der Waals surface area contributed by atoms with E-state index in [0.29, 0.717) is 25.8 Å². The van der Waals surface area contributed by atoms with Crippen LogP contribution in [0.25, 0.3) is 0 Å². The lowest BCUT2D eigenvalue weighted by molar-refractivity contribution is -0.163. The van der Waals surface area contributed by atoms with Crippen LogP contribution in [0.1, 0.15) is 79.6 Å². The molecule has 8 heteroatoms. The first kappa shape index (κ1) is 30.4. The molecule has 0 aliphatic carbocycles. The van der Waals surface area contributed by atoms with Crippen LogP contribution in [0.2, 0.25) is 0 Å². The fourth-order valence-corrected chi connectivity index (χ4v) is 7.02. The Morgan fingerprint density at radius 3 is 2.55 bits per heavy atom. The lowest BCUT2D eigenvalue weighted by atomic mass is 9.66. The van der Waals surface area contributed by atoms with E-state index >= 15 is 0 Å². The summed E-state index contributed by atoms with van der Waals surface area (Å²) >= 11 is 0. The van der Waals surface area contributed by atoms with Crippen molar-refractivity contribution in [2.24, 2.45) is 17.8 Å². The van der Waals surface area contributed by atoms with Gasteiger partial charge >= 0.3 is 5.97 Å². The van der Waals surface area contributed by atoms with Crippen LogP contribution in [-0.4, -0.2) is 81.8 Å². The second kappa shape index (κ2) is 12.3. The van der Waals surface area contributed by atoms with Gasteiger partial charge in [0, 0.05) is 12.6 Å². The molecular weight excluding hydrogens is 484 g/mol. The quantitative estimate of drug-likeness (QED) is 0.195. The summed E-state index contributed by atoms with van der Waals surface area (Å²) < 4.78 is 12.4. The molecule has 1 N–H and O–H groups in total. The highest BCUT2D eigenvalue weighted by Crippen LogP contribution is 2.64. The number of hydrogen-bond acceptors (Lipinski definition) is 6. The van der Waals surface area contributed by atoms with Gasteiger partial charge in [-0.25, -0.2) is 0 Å². The number of allylic oxidation sites excluding steroid dienone is 1. The van der Waals surface area contributed by atoms with Gasteiger partial charge in [-0.05, 0) is 51.9 Å². The summed E-state index contributed by atoms with van der Waals surface area (Å²) in [6.07, 6.45) is 8.36. The minimum atomic E-state index is -1.14. The van der Waals surface area contributed by atoms with Crippen molar-refractivity contribution in [2.45, 2.75) is 109 Å². The van der Waals surface area contributed by atoms with Crippen LogP contribution in [-0.2, 0) is 23.9 Å². The zero-order valence-corrected chi connectivity index (χ0v) is 24.0. The molecule has 0 aromatic carbocycles. The molecule has 3 aliphatic rings. The number of aliphatic hydroxyl groups excluding tert-OH is 1. The first-order chi connectivity index (χ1) is 18.1. The zero-order chi connectivity index (χ0) is 28.3. The highest BCUT2D eigenvalue weighted by atomic mass is 16.6. The third-order valence-corrected chi connectivity index (χ3v) is 9.19. The Hall–Kier alpha value is -2.19. The van der Waals surface area contributed by atoms with Gasteiger partial charge in [-0.15, -0.1) is 13.2 Å². The van der Waals surface area contributed by atoms with E-state index in [1.807, 2.05) is 27.7 Å². The summed E-state index contributed by atoms with van der Waals surface area (Å²) in [6.45, 7) is 17.8. The molecule has 1 spiro atoms. The summed E-state index contributed by atoms with van der Waals surface area (Å²) in [5.41, 5.74) is -2.02. The lowest BCUT2D eigenvalue weighted by Crippen LogP contribution is -2.61. The van der Waals surface area contributed by atoms with Crippen molar-refractivity contribution < 1.29 is 29.0 Å². The number of nitrogens with zero attached hydrogens (tertiary/aromatic N) is 2. The Balaban J connectivity index is 2.09. The number of carbonyl (C=O) groups excluding carboxylic acids is 3. The van der Waals surface area contributed by atoms with Crippen LogP contribution >= 0.6 is 0 Å². The Kier molecular flexibility index (Phi) is 9.85. The highest BCUT2D eigenvalue weighted by molar-refractivity contribution is 5.98. The monoisotopic (exact) mass is 532 g/mol.